The van der Waals surface area contributed by atoms with E-state index in [-0.39, 0.29) is 11.7 Å². The summed E-state index contributed by atoms with van der Waals surface area (Å²) in [6.45, 7) is 2.84. The van der Waals surface area contributed by atoms with Crippen molar-refractivity contribution >= 4 is 27.5 Å². The lowest BCUT2D eigenvalue weighted by Crippen LogP contribution is -2.48. The maximum Gasteiger partial charge on any atom is 0.255 e. The Hall–Kier alpha value is -2.21. The molecule has 3 rings (SSSR count). The predicted octanol–water partition coefficient (Wildman–Crippen LogP) is 3.13. The Morgan fingerprint density at radius 2 is 1.75 bits per heavy atom. The van der Waals surface area contributed by atoms with Crippen LogP contribution in [0.5, 0.6) is 11.5 Å². The number of phenols is 1. The minimum Gasteiger partial charge on any atom is -0.508 e. The third-order valence-electron chi connectivity index (χ3n) is 4.19. The molecule has 2 aromatic rings. The molecule has 0 atom stereocenters. The van der Waals surface area contributed by atoms with Crippen LogP contribution in [-0.2, 0) is 0 Å². The summed E-state index contributed by atoms with van der Waals surface area (Å²) in [6.07, 6.45) is 0. The zero-order valence-corrected chi connectivity index (χ0v) is 15.0. The van der Waals surface area contributed by atoms with E-state index >= 15 is 0 Å². The van der Waals surface area contributed by atoms with Crippen LogP contribution in [0.1, 0.15) is 10.4 Å². The highest BCUT2D eigenvalue weighted by Gasteiger charge is 2.24. The number of nitrogens with zero attached hydrogens (tertiary/aromatic N) is 2. The lowest BCUT2D eigenvalue weighted by molar-refractivity contribution is 0.0745. The van der Waals surface area contributed by atoms with E-state index in [1.807, 2.05) is 29.2 Å². The van der Waals surface area contributed by atoms with Crippen LogP contribution in [0.2, 0.25) is 0 Å². The van der Waals surface area contributed by atoms with Crippen LogP contribution in [0.3, 0.4) is 0 Å². The molecule has 2 aromatic carbocycles. The van der Waals surface area contributed by atoms with Gasteiger partial charge in [0, 0.05) is 36.3 Å². The molecule has 0 unspecified atom stereocenters. The summed E-state index contributed by atoms with van der Waals surface area (Å²) in [5.74, 6) is 0.936. The lowest BCUT2D eigenvalue weighted by Gasteiger charge is -2.36. The van der Waals surface area contributed by atoms with Gasteiger partial charge < -0.3 is 19.6 Å². The molecule has 1 saturated heterocycles. The second-order valence-electron chi connectivity index (χ2n) is 5.64. The van der Waals surface area contributed by atoms with Crippen LogP contribution < -0.4 is 9.64 Å². The van der Waals surface area contributed by atoms with Gasteiger partial charge in [-0.2, -0.15) is 0 Å². The Kier molecular flexibility index (Phi) is 4.94. The monoisotopic (exact) mass is 390 g/mol. The summed E-state index contributed by atoms with van der Waals surface area (Å²) in [7, 11) is 1.59. The number of ether oxygens (including phenoxy) is 1. The number of methoxy groups -OCH3 is 1. The average Bonchev–Trinajstić information content (AvgIpc) is 2.62. The number of carbonyl (C=O) groups is 1. The summed E-state index contributed by atoms with van der Waals surface area (Å²) >= 11 is 3.45. The smallest absolute Gasteiger partial charge is 0.255 e. The van der Waals surface area contributed by atoms with E-state index in [1.165, 1.54) is 0 Å². The molecule has 24 heavy (non-hydrogen) atoms. The fraction of sp³-hybridized carbons (Fsp3) is 0.278. The average molecular weight is 391 g/mol. The van der Waals surface area contributed by atoms with Gasteiger partial charge in [0.25, 0.3) is 5.91 Å². The van der Waals surface area contributed by atoms with Gasteiger partial charge in [0.1, 0.15) is 11.5 Å². The van der Waals surface area contributed by atoms with E-state index < -0.39 is 0 Å². The molecule has 0 aromatic heterocycles. The zero-order valence-electron chi connectivity index (χ0n) is 13.4. The highest BCUT2D eigenvalue weighted by atomic mass is 79.9. The van der Waals surface area contributed by atoms with Gasteiger partial charge in [0.15, 0.2) is 0 Å². The molecule has 0 bridgehead atoms. The molecule has 1 heterocycles. The SMILES string of the molecule is COc1ccc(Br)c(C(=O)N2CCN(c3ccc(O)cc3)CC2)c1. The van der Waals surface area contributed by atoms with Crippen LogP contribution >= 0.6 is 15.9 Å². The van der Waals surface area contributed by atoms with Gasteiger partial charge in [-0.3, -0.25) is 4.79 Å². The number of hydrogen-bond donors (Lipinski definition) is 1. The van der Waals surface area contributed by atoms with Gasteiger partial charge in [-0.05, 0) is 58.4 Å². The number of amides is 1. The maximum atomic E-state index is 12.8. The van der Waals surface area contributed by atoms with Crippen molar-refractivity contribution in [2.24, 2.45) is 0 Å². The molecule has 0 saturated carbocycles. The van der Waals surface area contributed by atoms with E-state index in [4.69, 9.17) is 4.74 Å². The molecule has 6 heteroatoms. The van der Waals surface area contributed by atoms with E-state index in [2.05, 4.69) is 20.8 Å². The molecule has 1 N–H and O–H groups in total. The fourth-order valence-corrected chi connectivity index (χ4v) is 3.21. The molecule has 126 valence electrons. The van der Waals surface area contributed by atoms with Gasteiger partial charge in [-0.15, -0.1) is 0 Å². The van der Waals surface area contributed by atoms with Gasteiger partial charge in [-0.1, -0.05) is 0 Å². The molecule has 1 aliphatic rings. The van der Waals surface area contributed by atoms with Gasteiger partial charge in [0.05, 0.1) is 12.7 Å². The second-order valence-corrected chi connectivity index (χ2v) is 6.50. The largest absolute Gasteiger partial charge is 0.508 e. The third kappa shape index (κ3) is 3.48. The summed E-state index contributed by atoms with van der Waals surface area (Å²) in [6, 6.07) is 12.6. The number of benzene rings is 2. The van der Waals surface area contributed by atoms with Crippen LogP contribution in [0.15, 0.2) is 46.9 Å². The first kappa shape index (κ1) is 16.6. The number of hydrogen-bond acceptors (Lipinski definition) is 4. The Bertz CT molecular complexity index is 726. The molecular formula is C18H19BrN2O3. The van der Waals surface area contributed by atoms with E-state index in [1.54, 1.807) is 25.3 Å². The minimum atomic E-state index is 0.00568. The van der Waals surface area contributed by atoms with Crippen molar-refractivity contribution in [3.8, 4) is 11.5 Å². The number of rotatable bonds is 3. The summed E-state index contributed by atoms with van der Waals surface area (Å²) in [5, 5.41) is 9.38. The number of piperazine rings is 1. The van der Waals surface area contributed by atoms with Crippen molar-refractivity contribution in [3.05, 3.63) is 52.5 Å². The predicted molar refractivity (Wildman–Crippen MR) is 96.9 cm³/mol. The van der Waals surface area contributed by atoms with Crippen molar-refractivity contribution in [1.29, 1.82) is 0 Å². The van der Waals surface area contributed by atoms with Crippen molar-refractivity contribution < 1.29 is 14.6 Å². The van der Waals surface area contributed by atoms with E-state index in [9.17, 15) is 9.90 Å². The minimum absolute atomic E-state index is 0.00568. The summed E-state index contributed by atoms with van der Waals surface area (Å²) in [4.78, 5) is 16.8. The number of carbonyl (C=O) groups excluding carboxylic acids is 1. The number of anilines is 1. The lowest BCUT2D eigenvalue weighted by atomic mass is 10.1. The summed E-state index contributed by atoms with van der Waals surface area (Å²) in [5.41, 5.74) is 1.68. The first-order chi connectivity index (χ1) is 11.6. The number of aromatic hydroxyl groups is 1. The van der Waals surface area contributed by atoms with E-state index in [0.717, 1.165) is 23.2 Å². The van der Waals surface area contributed by atoms with Crippen molar-refractivity contribution in [1.82, 2.24) is 4.90 Å². The van der Waals surface area contributed by atoms with Crippen molar-refractivity contribution in [2.75, 3.05) is 38.2 Å². The van der Waals surface area contributed by atoms with Crippen LogP contribution in [0.4, 0.5) is 5.69 Å². The van der Waals surface area contributed by atoms with Crippen LogP contribution in [0.25, 0.3) is 0 Å². The quantitative estimate of drug-likeness (QED) is 0.874. The van der Waals surface area contributed by atoms with Crippen molar-refractivity contribution in [2.45, 2.75) is 0 Å². The summed E-state index contributed by atoms with van der Waals surface area (Å²) < 4.78 is 5.98. The molecule has 0 radical (unpaired) electrons. The topological polar surface area (TPSA) is 53.0 Å². The number of phenolic OH excluding ortho intramolecular Hbond substituents is 1. The molecule has 1 aliphatic heterocycles. The Morgan fingerprint density at radius 1 is 1.08 bits per heavy atom. The first-order valence-electron chi connectivity index (χ1n) is 7.75. The van der Waals surface area contributed by atoms with Gasteiger partial charge >= 0.3 is 0 Å². The highest BCUT2D eigenvalue weighted by molar-refractivity contribution is 9.10. The molecule has 1 fully saturated rings. The third-order valence-corrected chi connectivity index (χ3v) is 4.88. The van der Waals surface area contributed by atoms with Crippen molar-refractivity contribution in [3.63, 3.8) is 0 Å². The molecule has 1 amide bonds. The Labute approximate surface area is 149 Å². The molecule has 0 spiro atoms. The number of halogens is 1. The first-order valence-corrected chi connectivity index (χ1v) is 8.54. The van der Waals surface area contributed by atoms with Gasteiger partial charge in [0.2, 0.25) is 0 Å². The van der Waals surface area contributed by atoms with Gasteiger partial charge in [-0.25, -0.2) is 0 Å². The normalized spacial score (nSPS) is 14.6. The highest BCUT2D eigenvalue weighted by Crippen LogP contribution is 2.25. The fourth-order valence-electron chi connectivity index (χ4n) is 2.80. The molecule has 0 aliphatic carbocycles. The molecule has 5 nitrogen and oxygen atoms in total. The standard InChI is InChI=1S/C18H19BrN2O3/c1-24-15-6-7-17(19)16(12-15)18(23)21-10-8-20(9-11-21)13-2-4-14(22)5-3-13/h2-7,12,22H,8-11H2,1H3. The maximum absolute atomic E-state index is 12.8. The second kappa shape index (κ2) is 7.13. The zero-order chi connectivity index (χ0) is 17.1. The van der Waals surface area contributed by atoms with E-state index in [0.29, 0.717) is 24.4 Å². The van der Waals surface area contributed by atoms with Crippen LogP contribution in [0, 0.1) is 0 Å². The Balaban J connectivity index is 1.68. The molecular weight excluding hydrogens is 372 g/mol. The van der Waals surface area contributed by atoms with Crippen LogP contribution in [-0.4, -0.2) is 49.2 Å². The Morgan fingerprint density at radius 3 is 2.38 bits per heavy atom.